The number of aromatic nitrogens is 4. The van der Waals surface area contributed by atoms with E-state index in [1.54, 1.807) is 30.7 Å². The highest BCUT2D eigenvalue weighted by Gasteiger charge is 2.22. The minimum absolute atomic E-state index is 0.104. The van der Waals surface area contributed by atoms with Gasteiger partial charge >= 0.3 is 5.97 Å². The van der Waals surface area contributed by atoms with Crippen LogP contribution >= 0.6 is 0 Å². The summed E-state index contributed by atoms with van der Waals surface area (Å²) in [5, 5.41) is 14.4. The number of carbonyl (C=O) groups is 1. The maximum absolute atomic E-state index is 11.3. The molecule has 152 valence electrons. The SMILES string of the molecule is N[C@H]1CCCC[C@H]1Nc1ncc2cncc(-c3c[nH]c4cc(C(=O)O)ccc34)c2n1. The van der Waals surface area contributed by atoms with Gasteiger partial charge in [-0.3, -0.25) is 4.98 Å². The van der Waals surface area contributed by atoms with Crippen molar-refractivity contribution in [1.29, 1.82) is 0 Å². The van der Waals surface area contributed by atoms with Gasteiger partial charge in [0.2, 0.25) is 5.95 Å². The number of nitrogens with one attached hydrogen (secondary N) is 2. The first-order valence-corrected chi connectivity index (χ1v) is 10.1. The van der Waals surface area contributed by atoms with E-state index in [0.29, 0.717) is 5.95 Å². The third kappa shape index (κ3) is 3.25. The topological polar surface area (TPSA) is 130 Å². The van der Waals surface area contributed by atoms with Crippen molar-refractivity contribution in [2.75, 3.05) is 5.32 Å². The van der Waals surface area contributed by atoms with Crippen LogP contribution in [0.1, 0.15) is 36.0 Å². The van der Waals surface area contributed by atoms with Gasteiger partial charge in [0.05, 0.1) is 11.1 Å². The zero-order chi connectivity index (χ0) is 20.7. The van der Waals surface area contributed by atoms with Gasteiger partial charge in [0.25, 0.3) is 0 Å². The van der Waals surface area contributed by atoms with Gasteiger partial charge in [-0.25, -0.2) is 14.8 Å². The lowest BCUT2D eigenvalue weighted by Gasteiger charge is -2.29. The van der Waals surface area contributed by atoms with Crippen LogP contribution < -0.4 is 11.1 Å². The number of rotatable bonds is 4. The number of hydrogen-bond acceptors (Lipinski definition) is 6. The summed E-state index contributed by atoms with van der Waals surface area (Å²) >= 11 is 0. The fourth-order valence-corrected chi connectivity index (χ4v) is 4.21. The number of nitrogens with zero attached hydrogens (tertiary/aromatic N) is 3. The number of benzene rings is 1. The number of aromatic carboxylic acids is 1. The van der Waals surface area contributed by atoms with Gasteiger partial charge in [-0.05, 0) is 25.0 Å². The Morgan fingerprint density at radius 2 is 2.03 bits per heavy atom. The van der Waals surface area contributed by atoms with Crippen LogP contribution in [0.15, 0.2) is 43.0 Å². The number of carboxylic acid groups (broad SMARTS) is 1. The lowest BCUT2D eigenvalue weighted by atomic mass is 9.91. The van der Waals surface area contributed by atoms with Crippen LogP contribution in [0.25, 0.3) is 32.9 Å². The van der Waals surface area contributed by atoms with Gasteiger partial charge < -0.3 is 21.1 Å². The second-order valence-corrected chi connectivity index (χ2v) is 7.79. The number of hydrogen-bond donors (Lipinski definition) is 4. The molecule has 1 aliphatic rings. The third-order valence-electron chi connectivity index (χ3n) is 5.84. The summed E-state index contributed by atoms with van der Waals surface area (Å²) in [5.41, 5.74) is 9.83. The van der Waals surface area contributed by atoms with Crippen LogP contribution in [0.2, 0.25) is 0 Å². The van der Waals surface area contributed by atoms with Crippen molar-refractivity contribution < 1.29 is 9.90 Å². The maximum Gasteiger partial charge on any atom is 0.335 e. The van der Waals surface area contributed by atoms with Gasteiger partial charge in [-0.15, -0.1) is 0 Å². The molecule has 0 saturated heterocycles. The summed E-state index contributed by atoms with van der Waals surface area (Å²) < 4.78 is 0. The summed E-state index contributed by atoms with van der Waals surface area (Å²) in [6.45, 7) is 0. The highest BCUT2D eigenvalue weighted by atomic mass is 16.4. The quantitative estimate of drug-likeness (QED) is 0.411. The van der Waals surface area contributed by atoms with Gasteiger partial charge in [0.1, 0.15) is 0 Å². The van der Waals surface area contributed by atoms with Crippen LogP contribution in [0, 0.1) is 0 Å². The molecule has 5 N–H and O–H groups in total. The summed E-state index contributed by atoms with van der Waals surface area (Å²) in [6.07, 6.45) is 11.5. The molecule has 4 aromatic rings. The van der Waals surface area contributed by atoms with Crippen LogP contribution in [0.4, 0.5) is 5.95 Å². The Hall–Kier alpha value is -3.52. The second-order valence-electron chi connectivity index (χ2n) is 7.79. The summed E-state index contributed by atoms with van der Waals surface area (Å²) in [5.74, 6) is -0.394. The molecule has 0 radical (unpaired) electrons. The smallest absolute Gasteiger partial charge is 0.335 e. The van der Waals surface area contributed by atoms with Crippen LogP contribution in [-0.2, 0) is 0 Å². The van der Waals surface area contributed by atoms with Gasteiger partial charge in [0, 0.05) is 64.3 Å². The van der Waals surface area contributed by atoms with Crippen molar-refractivity contribution in [3.63, 3.8) is 0 Å². The number of anilines is 1. The van der Waals surface area contributed by atoms with Gasteiger partial charge in [0.15, 0.2) is 0 Å². The number of aromatic amines is 1. The van der Waals surface area contributed by atoms with Crippen LogP contribution in [0.3, 0.4) is 0 Å². The molecule has 3 heterocycles. The monoisotopic (exact) mass is 402 g/mol. The minimum Gasteiger partial charge on any atom is -0.478 e. The molecule has 3 aromatic heterocycles. The van der Waals surface area contributed by atoms with E-state index in [2.05, 4.69) is 20.3 Å². The number of carboxylic acids is 1. The van der Waals surface area contributed by atoms with Crippen molar-refractivity contribution >= 4 is 33.7 Å². The standard InChI is InChI=1S/C22H22N6O2/c23-17-3-1-2-4-18(17)27-22-26-9-13-8-24-10-16(20(13)28-22)15-11-25-19-7-12(21(29)30)5-6-14(15)19/h5-11,17-18,25H,1-4,23H2,(H,29,30)(H,26,27,28)/t17-,18+/m0/s1. The Bertz CT molecular complexity index is 1250. The fraction of sp³-hybridized carbons (Fsp3) is 0.273. The largest absolute Gasteiger partial charge is 0.478 e. The first-order chi connectivity index (χ1) is 14.6. The van der Waals surface area contributed by atoms with Crippen molar-refractivity contribution in [2.45, 2.75) is 37.8 Å². The molecule has 30 heavy (non-hydrogen) atoms. The Labute approximate surface area is 172 Å². The second kappa shape index (κ2) is 7.38. The predicted molar refractivity (Wildman–Crippen MR) is 115 cm³/mol. The summed E-state index contributed by atoms with van der Waals surface area (Å²) in [6, 6.07) is 5.32. The predicted octanol–water partition coefficient (Wildman–Crippen LogP) is 3.55. The molecule has 8 nitrogen and oxygen atoms in total. The average molecular weight is 402 g/mol. The lowest BCUT2D eigenvalue weighted by molar-refractivity contribution is 0.0697. The van der Waals surface area contributed by atoms with E-state index in [1.165, 1.54) is 0 Å². The molecule has 0 unspecified atom stereocenters. The molecule has 0 spiro atoms. The Balaban J connectivity index is 1.57. The molecule has 0 bridgehead atoms. The molecule has 0 aliphatic heterocycles. The normalized spacial score (nSPS) is 19.2. The highest BCUT2D eigenvalue weighted by Crippen LogP contribution is 2.33. The molecule has 5 rings (SSSR count). The summed E-state index contributed by atoms with van der Waals surface area (Å²) in [4.78, 5) is 28.0. The molecule has 8 heteroatoms. The Kier molecular flexibility index (Phi) is 4.55. The van der Waals surface area contributed by atoms with Crippen molar-refractivity contribution in [3.8, 4) is 11.1 Å². The fourth-order valence-electron chi connectivity index (χ4n) is 4.21. The zero-order valence-electron chi connectivity index (χ0n) is 16.3. The van der Waals surface area contributed by atoms with Crippen LogP contribution in [-0.4, -0.2) is 43.1 Å². The zero-order valence-corrected chi connectivity index (χ0v) is 16.3. The molecule has 1 aromatic carbocycles. The summed E-state index contributed by atoms with van der Waals surface area (Å²) in [7, 11) is 0. The average Bonchev–Trinajstić information content (AvgIpc) is 3.18. The van der Waals surface area contributed by atoms with Crippen molar-refractivity contribution in [2.24, 2.45) is 5.73 Å². The number of H-pyrrole nitrogens is 1. The molecular weight excluding hydrogens is 380 g/mol. The van der Waals surface area contributed by atoms with E-state index in [1.807, 2.05) is 12.3 Å². The van der Waals surface area contributed by atoms with Crippen molar-refractivity contribution in [1.82, 2.24) is 19.9 Å². The first-order valence-electron chi connectivity index (χ1n) is 10.1. The number of pyridine rings is 1. The maximum atomic E-state index is 11.3. The first kappa shape index (κ1) is 18.5. The molecular formula is C22H22N6O2. The molecule has 1 aliphatic carbocycles. The van der Waals surface area contributed by atoms with E-state index in [4.69, 9.17) is 10.7 Å². The molecule has 1 saturated carbocycles. The van der Waals surface area contributed by atoms with Gasteiger partial charge in [-0.2, -0.15) is 0 Å². The molecule has 2 atom stereocenters. The van der Waals surface area contributed by atoms with E-state index in [9.17, 15) is 9.90 Å². The minimum atomic E-state index is -0.954. The Morgan fingerprint density at radius 3 is 2.87 bits per heavy atom. The Morgan fingerprint density at radius 1 is 1.17 bits per heavy atom. The van der Waals surface area contributed by atoms with E-state index in [-0.39, 0.29) is 17.6 Å². The van der Waals surface area contributed by atoms with Crippen molar-refractivity contribution in [3.05, 3.63) is 48.5 Å². The lowest BCUT2D eigenvalue weighted by Crippen LogP contribution is -2.42. The highest BCUT2D eigenvalue weighted by molar-refractivity contribution is 6.04. The van der Waals surface area contributed by atoms with E-state index >= 15 is 0 Å². The molecule has 1 fully saturated rings. The third-order valence-corrected chi connectivity index (χ3v) is 5.84. The molecule has 0 amide bonds. The van der Waals surface area contributed by atoms with E-state index < -0.39 is 5.97 Å². The number of fused-ring (bicyclic) bond motifs is 2. The van der Waals surface area contributed by atoms with Crippen LogP contribution in [0.5, 0.6) is 0 Å². The number of nitrogens with two attached hydrogens (primary N) is 1. The van der Waals surface area contributed by atoms with Gasteiger partial charge in [-0.1, -0.05) is 18.9 Å². The van der Waals surface area contributed by atoms with E-state index in [0.717, 1.165) is 58.6 Å².